The molecule has 4 rings (SSSR count). The van der Waals surface area contributed by atoms with Gasteiger partial charge in [0.05, 0.1) is 34.8 Å². The van der Waals surface area contributed by atoms with Gasteiger partial charge < -0.3 is 15.0 Å². The molecule has 3 N–H and O–H groups in total. The lowest BCUT2D eigenvalue weighted by atomic mass is 9.87. The fraction of sp³-hybridized carbons (Fsp3) is 0.385. The molecule has 0 aliphatic carbocycles. The number of piperidine rings is 1. The average molecular weight is 510 g/mol. The van der Waals surface area contributed by atoms with Crippen molar-refractivity contribution >= 4 is 29.0 Å². The molecule has 0 bridgehead atoms. The van der Waals surface area contributed by atoms with Crippen LogP contribution in [0.1, 0.15) is 35.1 Å². The number of aromatic nitrogens is 1. The third-order valence-corrected chi connectivity index (χ3v) is 6.92. The van der Waals surface area contributed by atoms with E-state index in [0.717, 1.165) is 22.3 Å². The third-order valence-electron chi connectivity index (χ3n) is 6.72. The van der Waals surface area contributed by atoms with Crippen LogP contribution >= 0.6 is 11.6 Å². The number of halogens is 1. The molecular formula is C26H28ClN5O4. The Hall–Kier alpha value is -3.45. The first-order valence-electron chi connectivity index (χ1n) is 11.7. The number of rotatable bonds is 5. The van der Waals surface area contributed by atoms with E-state index in [0.29, 0.717) is 42.4 Å². The number of nitriles is 1. The van der Waals surface area contributed by atoms with Crippen molar-refractivity contribution in [2.24, 2.45) is 5.92 Å². The summed E-state index contributed by atoms with van der Waals surface area (Å²) >= 11 is 5.97. The largest absolute Gasteiger partial charge is 0.487 e. The van der Waals surface area contributed by atoms with Crippen molar-refractivity contribution in [1.29, 1.82) is 5.26 Å². The smallest absolute Gasteiger partial charge is 0.248 e. The Bertz CT molecular complexity index is 1220. The summed E-state index contributed by atoms with van der Waals surface area (Å²) in [4.78, 5) is 31.6. The number of ether oxygens (including phenoxy) is 1. The molecule has 0 unspecified atom stereocenters. The second-order valence-corrected chi connectivity index (χ2v) is 9.58. The van der Waals surface area contributed by atoms with Gasteiger partial charge in [0, 0.05) is 31.9 Å². The minimum Gasteiger partial charge on any atom is -0.487 e. The molecule has 1 aromatic heterocycles. The van der Waals surface area contributed by atoms with Gasteiger partial charge in [0.15, 0.2) is 0 Å². The molecule has 3 heterocycles. The van der Waals surface area contributed by atoms with Crippen molar-refractivity contribution in [1.82, 2.24) is 20.7 Å². The number of pyridine rings is 1. The van der Waals surface area contributed by atoms with E-state index < -0.39 is 24.0 Å². The van der Waals surface area contributed by atoms with E-state index in [1.165, 1.54) is 12.4 Å². The highest BCUT2D eigenvalue weighted by atomic mass is 35.5. The lowest BCUT2D eigenvalue weighted by Gasteiger charge is -2.38. The molecule has 1 saturated heterocycles. The number of nitrogens with zero attached hydrogens (tertiary/aromatic N) is 3. The maximum Gasteiger partial charge on any atom is 0.248 e. The molecule has 0 spiro atoms. The van der Waals surface area contributed by atoms with Gasteiger partial charge in [-0.25, -0.2) is 5.48 Å². The predicted molar refractivity (Wildman–Crippen MR) is 133 cm³/mol. The summed E-state index contributed by atoms with van der Waals surface area (Å²) in [6, 6.07) is 7.10. The van der Waals surface area contributed by atoms with Gasteiger partial charge in [-0.05, 0) is 49.0 Å². The van der Waals surface area contributed by atoms with Crippen LogP contribution in [0.5, 0.6) is 5.75 Å². The number of amides is 2. The number of hydroxylamine groups is 1. The van der Waals surface area contributed by atoms with Crippen molar-refractivity contribution < 1.29 is 19.5 Å². The summed E-state index contributed by atoms with van der Waals surface area (Å²) in [5.74, 6) is -1.20. The third kappa shape index (κ3) is 5.51. The summed E-state index contributed by atoms with van der Waals surface area (Å²) in [5, 5.41) is 22.2. The number of hydrogen-bond acceptors (Lipinski definition) is 7. The van der Waals surface area contributed by atoms with E-state index in [-0.39, 0.29) is 12.3 Å². The summed E-state index contributed by atoms with van der Waals surface area (Å²) in [7, 11) is 0. The van der Waals surface area contributed by atoms with Crippen LogP contribution in [-0.4, -0.2) is 58.7 Å². The lowest BCUT2D eigenvalue weighted by molar-refractivity contribution is -0.145. The Morgan fingerprint density at radius 2 is 2.03 bits per heavy atom. The van der Waals surface area contributed by atoms with E-state index in [4.69, 9.17) is 16.3 Å². The van der Waals surface area contributed by atoms with E-state index in [2.05, 4.69) is 16.4 Å². The number of nitrogens with one attached hydrogen (secondary N) is 2. The molecule has 2 aliphatic rings. The van der Waals surface area contributed by atoms with Gasteiger partial charge in [-0.1, -0.05) is 29.8 Å². The SMILES string of the molecule is Cc1cc(C2=CCN(C(=O)[C@H]3NC[C@@H](Oc4cncc(Cl)c4)C[C@@H]3C(=O)NO)CC2)cc(C)c1C#N. The van der Waals surface area contributed by atoms with Gasteiger partial charge in [0.1, 0.15) is 11.9 Å². The second kappa shape index (κ2) is 11.1. The number of hydrogen-bond donors (Lipinski definition) is 3. The summed E-state index contributed by atoms with van der Waals surface area (Å²) in [6.45, 7) is 5.11. The molecule has 1 aromatic carbocycles. The van der Waals surface area contributed by atoms with Gasteiger partial charge in [-0.3, -0.25) is 19.8 Å². The molecule has 3 atom stereocenters. The Kier molecular flexibility index (Phi) is 7.89. The second-order valence-electron chi connectivity index (χ2n) is 9.14. The highest BCUT2D eigenvalue weighted by Crippen LogP contribution is 2.28. The van der Waals surface area contributed by atoms with Crippen molar-refractivity contribution in [2.75, 3.05) is 19.6 Å². The Labute approximate surface area is 214 Å². The summed E-state index contributed by atoms with van der Waals surface area (Å²) in [6.07, 6.45) is 5.52. The van der Waals surface area contributed by atoms with E-state index >= 15 is 0 Å². The van der Waals surface area contributed by atoms with E-state index in [1.54, 1.807) is 16.4 Å². The van der Waals surface area contributed by atoms with Crippen LogP contribution in [0.2, 0.25) is 5.02 Å². The Morgan fingerprint density at radius 1 is 1.28 bits per heavy atom. The van der Waals surface area contributed by atoms with Crippen LogP contribution < -0.4 is 15.5 Å². The van der Waals surface area contributed by atoms with Gasteiger partial charge in [0.25, 0.3) is 0 Å². The first-order chi connectivity index (χ1) is 17.3. The van der Waals surface area contributed by atoms with Crippen LogP contribution in [0.25, 0.3) is 5.57 Å². The van der Waals surface area contributed by atoms with Gasteiger partial charge in [-0.2, -0.15) is 5.26 Å². The zero-order chi connectivity index (χ0) is 25.8. The van der Waals surface area contributed by atoms with Gasteiger partial charge in [-0.15, -0.1) is 0 Å². The van der Waals surface area contributed by atoms with E-state index in [9.17, 15) is 20.1 Å². The van der Waals surface area contributed by atoms with Gasteiger partial charge >= 0.3 is 0 Å². The zero-order valence-corrected chi connectivity index (χ0v) is 20.9. The molecule has 2 aromatic rings. The standard InChI is InChI=1S/C26H28ClN5O4/c1-15-7-18(8-16(2)23(15)11-28)17-3-5-32(6-4-17)26(34)24-22(25(33)31-35)10-21(14-30-24)36-20-9-19(27)12-29-13-20/h3,7-9,12-13,21-22,24,30,35H,4-6,10,14H2,1-2H3,(H,31,33)/t21-,22-,24-/m0/s1. The highest BCUT2D eigenvalue weighted by molar-refractivity contribution is 6.30. The van der Waals surface area contributed by atoms with Crippen molar-refractivity contribution in [2.45, 2.75) is 38.8 Å². The van der Waals surface area contributed by atoms with Crippen LogP contribution in [-0.2, 0) is 9.59 Å². The van der Waals surface area contributed by atoms with Crippen molar-refractivity contribution in [3.8, 4) is 11.8 Å². The van der Waals surface area contributed by atoms with Crippen molar-refractivity contribution in [3.05, 3.63) is 63.9 Å². The normalized spacial score (nSPS) is 21.8. The topological polar surface area (TPSA) is 128 Å². The number of carbonyl (C=O) groups excluding carboxylic acids is 2. The number of carbonyl (C=O) groups is 2. The molecule has 36 heavy (non-hydrogen) atoms. The molecule has 0 radical (unpaired) electrons. The summed E-state index contributed by atoms with van der Waals surface area (Å²) in [5.41, 5.74) is 6.43. The molecule has 0 saturated carbocycles. The maximum absolute atomic E-state index is 13.4. The van der Waals surface area contributed by atoms with Gasteiger partial charge in [0.2, 0.25) is 11.8 Å². The fourth-order valence-corrected chi connectivity index (χ4v) is 5.06. The molecule has 2 amide bonds. The number of benzene rings is 1. The fourth-order valence-electron chi connectivity index (χ4n) is 4.90. The zero-order valence-electron chi connectivity index (χ0n) is 20.1. The maximum atomic E-state index is 13.4. The van der Waals surface area contributed by atoms with Crippen molar-refractivity contribution in [3.63, 3.8) is 0 Å². The highest BCUT2D eigenvalue weighted by Gasteiger charge is 2.42. The predicted octanol–water partition coefficient (Wildman–Crippen LogP) is 2.77. The monoisotopic (exact) mass is 509 g/mol. The Morgan fingerprint density at radius 3 is 2.64 bits per heavy atom. The molecular weight excluding hydrogens is 482 g/mol. The first-order valence-corrected chi connectivity index (χ1v) is 12.1. The first kappa shape index (κ1) is 25.6. The molecule has 9 nitrogen and oxygen atoms in total. The van der Waals surface area contributed by atoms with Crippen LogP contribution in [0.3, 0.4) is 0 Å². The van der Waals surface area contributed by atoms with Crippen LogP contribution in [0, 0.1) is 31.1 Å². The molecule has 10 heteroatoms. The number of aryl methyl sites for hydroxylation is 2. The minimum atomic E-state index is -0.817. The Balaban J connectivity index is 1.44. The quantitative estimate of drug-likeness (QED) is 0.417. The minimum absolute atomic E-state index is 0.200. The van der Waals surface area contributed by atoms with Crippen LogP contribution in [0.15, 0.2) is 36.7 Å². The molecule has 188 valence electrons. The summed E-state index contributed by atoms with van der Waals surface area (Å²) < 4.78 is 5.91. The van der Waals surface area contributed by atoms with Crippen LogP contribution in [0.4, 0.5) is 0 Å². The molecule has 1 fully saturated rings. The van der Waals surface area contributed by atoms with E-state index in [1.807, 2.05) is 32.1 Å². The lowest BCUT2D eigenvalue weighted by Crippen LogP contribution is -2.60. The average Bonchev–Trinajstić information content (AvgIpc) is 2.87. The molecule has 2 aliphatic heterocycles.